The summed E-state index contributed by atoms with van der Waals surface area (Å²) in [5.74, 6) is -0.213. The number of hydrogen-bond donors (Lipinski definition) is 1. The summed E-state index contributed by atoms with van der Waals surface area (Å²) in [7, 11) is 0. The summed E-state index contributed by atoms with van der Waals surface area (Å²) in [6, 6.07) is 4.66. The van der Waals surface area contributed by atoms with E-state index in [1.54, 1.807) is 12.1 Å². The third kappa shape index (κ3) is 3.00. The van der Waals surface area contributed by atoms with Crippen molar-refractivity contribution < 1.29 is 4.39 Å². The molecule has 0 bridgehead atoms. The second-order valence-electron chi connectivity index (χ2n) is 5.84. The highest BCUT2D eigenvalue weighted by Crippen LogP contribution is 2.40. The Morgan fingerprint density at radius 3 is 2.65 bits per heavy atom. The molecule has 0 aromatic heterocycles. The molecule has 1 atom stereocenters. The minimum absolute atomic E-state index is 0.0753. The Balaban J connectivity index is 2.23. The summed E-state index contributed by atoms with van der Waals surface area (Å²) in [4.78, 5) is 2.32. The van der Waals surface area contributed by atoms with Gasteiger partial charge in [-0.3, -0.25) is 4.90 Å². The van der Waals surface area contributed by atoms with Crippen LogP contribution in [-0.4, -0.2) is 24.5 Å². The molecule has 0 radical (unpaired) electrons. The summed E-state index contributed by atoms with van der Waals surface area (Å²) in [5.41, 5.74) is 6.91. The molecule has 1 heterocycles. The first kappa shape index (κ1) is 15.7. The molecule has 1 aliphatic rings. The third-order valence-electron chi connectivity index (χ3n) is 4.95. The second-order valence-corrected chi connectivity index (χ2v) is 6.28. The predicted octanol–water partition coefficient (Wildman–Crippen LogP) is 3.99. The number of rotatable bonds is 5. The molecule has 1 unspecified atom stereocenters. The Labute approximate surface area is 126 Å². The molecule has 0 spiro atoms. The fraction of sp³-hybridized carbons (Fsp3) is 0.625. The predicted molar refractivity (Wildman–Crippen MR) is 82.4 cm³/mol. The van der Waals surface area contributed by atoms with Crippen molar-refractivity contribution >= 4 is 11.6 Å². The lowest BCUT2D eigenvalue weighted by Crippen LogP contribution is -2.34. The van der Waals surface area contributed by atoms with Crippen LogP contribution in [-0.2, 0) is 0 Å². The van der Waals surface area contributed by atoms with Crippen LogP contribution >= 0.6 is 11.6 Å². The number of benzene rings is 1. The van der Waals surface area contributed by atoms with Gasteiger partial charge in [0.2, 0.25) is 0 Å². The third-order valence-corrected chi connectivity index (χ3v) is 5.18. The van der Waals surface area contributed by atoms with E-state index in [0.717, 1.165) is 25.9 Å². The van der Waals surface area contributed by atoms with Crippen LogP contribution in [0.2, 0.25) is 5.02 Å². The molecule has 0 saturated carbocycles. The van der Waals surface area contributed by atoms with Crippen LogP contribution in [0, 0.1) is 11.2 Å². The normalized spacial score (nSPS) is 20.2. The van der Waals surface area contributed by atoms with E-state index in [4.69, 9.17) is 17.3 Å². The first-order valence-corrected chi connectivity index (χ1v) is 7.82. The molecule has 2 nitrogen and oxygen atoms in total. The molecule has 4 heteroatoms. The molecule has 1 aromatic rings. The molecule has 1 aromatic carbocycles. The van der Waals surface area contributed by atoms with Crippen molar-refractivity contribution in [3.8, 4) is 0 Å². The van der Waals surface area contributed by atoms with Gasteiger partial charge in [-0.15, -0.1) is 0 Å². The molecule has 2 N–H and O–H groups in total. The highest BCUT2D eigenvalue weighted by molar-refractivity contribution is 6.30. The quantitative estimate of drug-likeness (QED) is 0.890. The first-order valence-electron chi connectivity index (χ1n) is 7.44. The van der Waals surface area contributed by atoms with E-state index < -0.39 is 0 Å². The van der Waals surface area contributed by atoms with Crippen molar-refractivity contribution in [2.75, 3.05) is 19.6 Å². The fourth-order valence-corrected chi connectivity index (χ4v) is 3.49. The van der Waals surface area contributed by atoms with Gasteiger partial charge >= 0.3 is 0 Å². The van der Waals surface area contributed by atoms with Gasteiger partial charge in [-0.05, 0) is 49.4 Å². The molecule has 1 saturated heterocycles. The SMILES string of the molecule is CCC1(CC)CCN(C(CN)c2cc(Cl)ccc2F)C1. The van der Waals surface area contributed by atoms with Gasteiger partial charge in [-0.25, -0.2) is 4.39 Å². The minimum Gasteiger partial charge on any atom is -0.329 e. The van der Waals surface area contributed by atoms with E-state index in [0.29, 0.717) is 22.5 Å². The Morgan fingerprint density at radius 2 is 2.10 bits per heavy atom. The summed E-state index contributed by atoms with van der Waals surface area (Å²) in [6.45, 7) is 6.87. The summed E-state index contributed by atoms with van der Waals surface area (Å²) >= 11 is 6.01. The summed E-state index contributed by atoms with van der Waals surface area (Å²) in [5, 5.41) is 0.566. The molecule has 112 valence electrons. The van der Waals surface area contributed by atoms with E-state index in [2.05, 4.69) is 18.7 Å². The lowest BCUT2D eigenvalue weighted by Gasteiger charge is -2.31. The fourth-order valence-electron chi connectivity index (χ4n) is 3.31. The van der Waals surface area contributed by atoms with Gasteiger partial charge in [-0.2, -0.15) is 0 Å². The average Bonchev–Trinajstić information content (AvgIpc) is 2.88. The summed E-state index contributed by atoms with van der Waals surface area (Å²) < 4.78 is 14.1. The van der Waals surface area contributed by atoms with Gasteiger partial charge in [0.1, 0.15) is 5.82 Å². The highest BCUT2D eigenvalue weighted by atomic mass is 35.5. The van der Waals surface area contributed by atoms with Crippen LogP contribution in [0.4, 0.5) is 4.39 Å². The average molecular weight is 299 g/mol. The van der Waals surface area contributed by atoms with Gasteiger partial charge in [0, 0.05) is 29.7 Å². The smallest absolute Gasteiger partial charge is 0.128 e. The zero-order chi connectivity index (χ0) is 14.8. The van der Waals surface area contributed by atoms with E-state index in [9.17, 15) is 4.39 Å². The van der Waals surface area contributed by atoms with Crippen molar-refractivity contribution in [2.24, 2.45) is 11.1 Å². The molecule has 20 heavy (non-hydrogen) atoms. The Bertz CT molecular complexity index is 460. The lowest BCUT2D eigenvalue weighted by atomic mass is 9.82. The van der Waals surface area contributed by atoms with Gasteiger partial charge in [0.25, 0.3) is 0 Å². The second kappa shape index (κ2) is 6.42. The van der Waals surface area contributed by atoms with Gasteiger partial charge in [-0.1, -0.05) is 25.4 Å². The van der Waals surface area contributed by atoms with E-state index in [1.165, 1.54) is 12.5 Å². The van der Waals surface area contributed by atoms with Crippen LogP contribution in [0.1, 0.15) is 44.7 Å². The van der Waals surface area contributed by atoms with Crippen molar-refractivity contribution in [3.63, 3.8) is 0 Å². The molecule has 1 aliphatic heterocycles. The van der Waals surface area contributed by atoms with Crippen LogP contribution in [0.25, 0.3) is 0 Å². The van der Waals surface area contributed by atoms with Crippen molar-refractivity contribution in [3.05, 3.63) is 34.6 Å². The van der Waals surface area contributed by atoms with Crippen LogP contribution in [0.3, 0.4) is 0 Å². The number of nitrogens with two attached hydrogens (primary N) is 1. The van der Waals surface area contributed by atoms with Gasteiger partial charge in [0.05, 0.1) is 0 Å². The Kier molecular flexibility index (Phi) is 5.05. The van der Waals surface area contributed by atoms with Gasteiger partial charge in [0.15, 0.2) is 0 Å². The monoisotopic (exact) mass is 298 g/mol. The van der Waals surface area contributed by atoms with Crippen molar-refractivity contribution in [1.29, 1.82) is 0 Å². The lowest BCUT2D eigenvalue weighted by molar-refractivity contribution is 0.195. The number of nitrogens with zero attached hydrogens (tertiary/aromatic N) is 1. The maximum Gasteiger partial charge on any atom is 0.128 e. The van der Waals surface area contributed by atoms with E-state index in [1.807, 2.05) is 0 Å². The Hall–Kier alpha value is -0.640. The Morgan fingerprint density at radius 1 is 1.40 bits per heavy atom. The first-order chi connectivity index (χ1) is 9.55. The standard InChI is InChI=1S/C16H24ClFN2/c1-3-16(4-2)7-8-20(11-16)15(10-19)13-9-12(17)5-6-14(13)18/h5-6,9,15H,3-4,7-8,10-11,19H2,1-2H3. The molecule has 2 rings (SSSR count). The zero-order valence-electron chi connectivity index (χ0n) is 12.3. The maximum atomic E-state index is 14.1. The topological polar surface area (TPSA) is 29.3 Å². The van der Waals surface area contributed by atoms with Crippen molar-refractivity contribution in [2.45, 2.75) is 39.2 Å². The maximum absolute atomic E-state index is 14.1. The van der Waals surface area contributed by atoms with Crippen LogP contribution < -0.4 is 5.73 Å². The zero-order valence-corrected chi connectivity index (χ0v) is 13.1. The van der Waals surface area contributed by atoms with Crippen LogP contribution in [0.5, 0.6) is 0 Å². The molecule has 1 fully saturated rings. The number of likely N-dealkylation sites (tertiary alicyclic amines) is 1. The van der Waals surface area contributed by atoms with E-state index in [-0.39, 0.29) is 11.9 Å². The largest absolute Gasteiger partial charge is 0.329 e. The van der Waals surface area contributed by atoms with E-state index >= 15 is 0 Å². The highest BCUT2D eigenvalue weighted by Gasteiger charge is 2.38. The molecular weight excluding hydrogens is 275 g/mol. The van der Waals surface area contributed by atoms with Crippen LogP contribution in [0.15, 0.2) is 18.2 Å². The molecule has 0 aliphatic carbocycles. The molecule has 0 amide bonds. The van der Waals surface area contributed by atoms with Crippen molar-refractivity contribution in [1.82, 2.24) is 4.90 Å². The minimum atomic E-state index is -0.213. The number of hydrogen-bond acceptors (Lipinski definition) is 2. The van der Waals surface area contributed by atoms with Gasteiger partial charge < -0.3 is 5.73 Å². The summed E-state index contributed by atoms with van der Waals surface area (Å²) in [6.07, 6.45) is 3.49. The molecular formula is C16H24ClFN2. The number of halogens is 2.